The van der Waals surface area contributed by atoms with Gasteiger partial charge in [0.05, 0.1) is 0 Å². The van der Waals surface area contributed by atoms with Crippen molar-refractivity contribution in [2.45, 2.75) is 0 Å². The maximum absolute atomic E-state index is 10.6. The van der Waals surface area contributed by atoms with Gasteiger partial charge in [-0.15, -0.1) is 0 Å². The summed E-state index contributed by atoms with van der Waals surface area (Å²) in [4.78, 5) is 28.9. The van der Waals surface area contributed by atoms with E-state index in [2.05, 4.69) is 15.0 Å². The van der Waals surface area contributed by atoms with Crippen molar-refractivity contribution in [1.29, 1.82) is 0 Å². The third-order valence-corrected chi connectivity index (χ3v) is 2.33. The van der Waals surface area contributed by atoms with Gasteiger partial charge in [0, 0.05) is 12.0 Å². The van der Waals surface area contributed by atoms with Crippen molar-refractivity contribution < 1.29 is 14.4 Å². The fourth-order valence-electron chi connectivity index (χ4n) is 1.14. The van der Waals surface area contributed by atoms with Gasteiger partial charge in [-0.05, 0) is 0 Å². The van der Waals surface area contributed by atoms with Crippen LogP contribution in [0.25, 0.3) is 17.4 Å². The lowest BCUT2D eigenvalue weighted by Crippen LogP contribution is -1.94. The van der Waals surface area contributed by atoms with Crippen molar-refractivity contribution in [3.63, 3.8) is 0 Å². The second kappa shape index (κ2) is 3.67. The highest BCUT2D eigenvalue weighted by Crippen LogP contribution is 2.36. The fourth-order valence-corrected chi connectivity index (χ4v) is 1.46. The molecule has 2 aromatic heterocycles. The first kappa shape index (κ1) is 10.7. The van der Waals surface area contributed by atoms with Crippen LogP contribution >= 0.6 is 7.60 Å². The van der Waals surface area contributed by atoms with Crippen LogP contribution < -0.4 is 5.73 Å². The number of fused-ring (bicyclic) bond motifs is 1. The molecule has 4 N–H and O–H groups in total. The maximum Gasteiger partial charge on any atom is 0.350 e. The van der Waals surface area contributed by atoms with Crippen LogP contribution in [-0.4, -0.2) is 29.3 Å². The standard InChI is InChI=1S/C7H8N5O3P/c8-6-5-7(10-3-9-6)12(4-11-5)1-2-16(13,14)15/h1-4H,(H2,8,9,10)(H2,13,14,15)/b2-1+. The molecule has 0 aliphatic carbocycles. The Labute approximate surface area is 89.6 Å². The number of hydrogen-bond donors (Lipinski definition) is 3. The lowest BCUT2D eigenvalue weighted by atomic mass is 10.5. The van der Waals surface area contributed by atoms with Gasteiger partial charge in [0.15, 0.2) is 17.0 Å². The molecule has 0 saturated heterocycles. The molecule has 0 bridgehead atoms. The molecular formula is C7H8N5O3P. The molecule has 16 heavy (non-hydrogen) atoms. The van der Waals surface area contributed by atoms with Crippen molar-refractivity contribution in [3.8, 4) is 0 Å². The number of hydrogen-bond acceptors (Lipinski definition) is 5. The normalized spacial score (nSPS) is 12.6. The molecule has 2 rings (SSSR count). The highest BCUT2D eigenvalue weighted by molar-refractivity contribution is 7.55. The van der Waals surface area contributed by atoms with Gasteiger partial charge in [-0.1, -0.05) is 0 Å². The number of aromatic nitrogens is 4. The summed E-state index contributed by atoms with van der Waals surface area (Å²) in [5.74, 6) is 0.972. The quantitative estimate of drug-likeness (QED) is 0.632. The van der Waals surface area contributed by atoms with Gasteiger partial charge in [0.2, 0.25) is 0 Å². The van der Waals surface area contributed by atoms with E-state index in [1.807, 2.05) is 0 Å². The summed E-state index contributed by atoms with van der Waals surface area (Å²) in [6, 6.07) is 0. The van der Waals surface area contributed by atoms with E-state index in [1.165, 1.54) is 23.4 Å². The van der Waals surface area contributed by atoms with Crippen LogP contribution in [-0.2, 0) is 4.57 Å². The van der Waals surface area contributed by atoms with Crippen molar-refractivity contribution in [3.05, 3.63) is 18.5 Å². The largest absolute Gasteiger partial charge is 0.382 e. The average Bonchev–Trinajstić information content (AvgIpc) is 2.58. The zero-order valence-corrected chi connectivity index (χ0v) is 8.82. The Morgan fingerprint density at radius 3 is 2.81 bits per heavy atom. The Morgan fingerprint density at radius 2 is 2.12 bits per heavy atom. The third-order valence-electron chi connectivity index (χ3n) is 1.81. The monoisotopic (exact) mass is 241 g/mol. The van der Waals surface area contributed by atoms with Crippen molar-refractivity contribution in [2.75, 3.05) is 5.73 Å². The minimum atomic E-state index is -4.20. The molecule has 0 saturated carbocycles. The number of imidazole rings is 1. The fraction of sp³-hybridized carbons (Fsp3) is 0. The Morgan fingerprint density at radius 1 is 1.38 bits per heavy atom. The van der Waals surface area contributed by atoms with Crippen LogP contribution in [0.4, 0.5) is 5.82 Å². The van der Waals surface area contributed by atoms with Gasteiger partial charge in [-0.3, -0.25) is 9.13 Å². The molecule has 0 fully saturated rings. The summed E-state index contributed by atoms with van der Waals surface area (Å²) in [6.45, 7) is 0. The number of nitrogen functional groups attached to an aromatic ring is 1. The molecule has 0 aliphatic heterocycles. The summed E-state index contributed by atoms with van der Waals surface area (Å²) in [6.07, 6.45) is 3.78. The third kappa shape index (κ3) is 2.08. The molecule has 2 aromatic rings. The molecule has 8 nitrogen and oxygen atoms in total. The van der Waals surface area contributed by atoms with Crippen LogP contribution in [0.5, 0.6) is 0 Å². The van der Waals surface area contributed by atoms with Gasteiger partial charge in [-0.25, -0.2) is 15.0 Å². The van der Waals surface area contributed by atoms with Crippen LogP contribution in [0.3, 0.4) is 0 Å². The predicted molar refractivity (Wildman–Crippen MR) is 57.1 cm³/mol. The second-order valence-corrected chi connectivity index (χ2v) is 4.45. The van der Waals surface area contributed by atoms with Gasteiger partial charge < -0.3 is 15.5 Å². The van der Waals surface area contributed by atoms with Crippen LogP contribution in [0, 0.1) is 0 Å². The number of nitrogens with two attached hydrogens (primary N) is 1. The smallest absolute Gasteiger partial charge is 0.350 e. The number of anilines is 1. The van der Waals surface area contributed by atoms with E-state index >= 15 is 0 Å². The Balaban J connectivity index is 2.51. The predicted octanol–water partition coefficient (Wildman–Crippen LogP) is 0.0144. The Kier molecular flexibility index (Phi) is 2.47. The molecule has 0 radical (unpaired) electrons. The summed E-state index contributed by atoms with van der Waals surface area (Å²) in [5, 5.41) is 0. The van der Waals surface area contributed by atoms with E-state index in [0.717, 1.165) is 5.82 Å². The van der Waals surface area contributed by atoms with E-state index in [4.69, 9.17) is 15.5 Å². The number of rotatable bonds is 2. The summed E-state index contributed by atoms with van der Waals surface area (Å²) in [7, 11) is -4.20. The topological polar surface area (TPSA) is 127 Å². The minimum Gasteiger partial charge on any atom is -0.382 e. The van der Waals surface area contributed by atoms with E-state index in [1.54, 1.807) is 0 Å². The average molecular weight is 241 g/mol. The summed E-state index contributed by atoms with van der Waals surface area (Å²) in [5.41, 5.74) is 6.32. The minimum absolute atomic E-state index is 0.216. The molecule has 0 spiro atoms. The Bertz CT molecular complexity index is 601. The highest BCUT2D eigenvalue weighted by Gasteiger charge is 2.08. The van der Waals surface area contributed by atoms with Crippen molar-refractivity contribution >= 4 is 30.8 Å². The SMILES string of the molecule is Nc1ncnc2c1ncn2/C=C/P(=O)(O)O. The zero-order valence-electron chi connectivity index (χ0n) is 7.93. The van der Waals surface area contributed by atoms with E-state index < -0.39 is 7.60 Å². The van der Waals surface area contributed by atoms with Crippen LogP contribution in [0.15, 0.2) is 18.5 Å². The molecule has 2 heterocycles. The maximum atomic E-state index is 10.6. The van der Waals surface area contributed by atoms with Crippen LogP contribution in [0.1, 0.15) is 0 Å². The molecule has 9 heteroatoms. The zero-order chi connectivity index (χ0) is 11.8. The summed E-state index contributed by atoms with van der Waals surface area (Å²) >= 11 is 0. The molecule has 0 atom stereocenters. The van der Waals surface area contributed by atoms with E-state index in [0.29, 0.717) is 11.2 Å². The lowest BCUT2D eigenvalue weighted by molar-refractivity contribution is 0.386. The first-order valence-electron chi connectivity index (χ1n) is 4.15. The van der Waals surface area contributed by atoms with Gasteiger partial charge in [0.25, 0.3) is 0 Å². The van der Waals surface area contributed by atoms with Crippen LogP contribution in [0.2, 0.25) is 0 Å². The first-order valence-corrected chi connectivity index (χ1v) is 5.83. The number of nitrogens with zero attached hydrogens (tertiary/aromatic N) is 4. The van der Waals surface area contributed by atoms with E-state index in [-0.39, 0.29) is 5.82 Å². The van der Waals surface area contributed by atoms with Crippen molar-refractivity contribution in [2.24, 2.45) is 0 Å². The molecule has 0 amide bonds. The molecule has 84 valence electrons. The molecule has 0 aliphatic rings. The first-order chi connectivity index (χ1) is 7.47. The van der Waals surface area contributed by atoms with Gasteiger partial charge >= 0.3 is 7.60 Å². The lowest BCUT2D eigenvalue weighted by Gasteiger charge is -1.97. The van der Waals surface area contributed by atoms with Gasteiger partial charge in [0.1, 0.15) is 12.7 Å². The molecule has 0 unspecified atom stereocenters. The second-order valence-electron chi connectivity index (χ2n) is 2.97. The molecular weight excluding hydrogens is 233 g/mol. The van der Waals surface area contributed by atoms with E-state index in [9.17, 15) is 4.57 Å². The molecule has 0 aromatic carbocycles. The summed E-state index contributed by atoms with van der Waals surface area (Å²) < 4.78 is 12.0. The van der Waals surface area contributed by atoms with Gasteiger partial charge in [-0.2, -0.15) is 0 Å². The van der Waals surface area contributed by atoms with Crippen molar-refractivity contribution in [1.82, 2.24) is 19.5 Å². The highest BCUT2D eigenvalue weighted by atomic mass is 31.2. The Hall–Kier alpha value is -1.76.